The molecule has 0 bridgehead atoms. The molecule has 146 valence electrons. The van der Waals surface area contributed by atoms with Gasteiger partial charge in [-0.15, -0.1) is 0 Å². The largest absolute Gasteiger partial charge is 0.389 e. The van der Waals surface area contributed by atoms with Crippen molar-refractivity contribution in [2.75, 3.05) is 13.2 Å². The maximum atomic E-state index is 13.5. The summed E-state index contributed by atoms with van der Waals surface area (Å²) >= 11 is 0. The summed E-state index contributed by atoms with van der Waals surface area (Å²) < 4.78 is 19.2. The molecular weight excluding hydrogens is 353 g/mol. The second-order valence-electron chi connectivity index (χ2n) is 6.94. The number of aliphatic hydroxyl groups is 1. The van der Waals surface area contributed by atoms with Gasteiger partial charge < -0.3 is 9.84 Å². The zero-order valence-electron chi connectivity index (χ0n) is 15.9. The van der Waals surface area contributed by atoms with Crippen molar-refractivity contribution in [1.29, 1.82) is 0 Å². The first-order valence-electron chi connectivity index (χ1n) is 9.49. The van der Waals surface area contributed by atoms with Crippen LogP contribution in [0.25, 0.3) is 0 Å². The SMILES string of the molecule is O[C@@H](COCc1ccccc1)CN(Cc1ccccc1)Cc1cccc(F)c1. The third-order valence-electron chi connectivity index (χ3n) is 4.43. The van der Waals surface area contributed by atoms with Crippen LogP contribution in [0.4, 0.5) is 4.39 Å². The van der Waals surface area contributed by atoms with Crippen LogP contribution in [0.15, 0.2) is 84.9 Å². The molecule has 0 radical (unpaired) electrons. The molecule has 4 heteroatoms. The highest BCUT2D eigenvalue weighted by Gasteiger charge is 2.14. The molecule has 0 spiro atoms. The number of halogens is 1. The molecule has 3 rings (SSSR count). The third kappa shape index (κ3) is 6.89. The lowest BCUT2D eigenvalue weighted by Crippen LogP contribution is -2.34. The fourth-order valence-electron chi connectivity index (χ4n) is 3.16. The zero-order valence-corrected chi connectivity index (χ0v) is 15.9. The fraction of sp³-hybridized carbons (Fsp3) is 0.250. The van der Waals surface area contributed by atoms with Crippen LogP contribution < -0.4 is 0 Å². The number of hydrogen-bond acceptors (Lipinski definition) is 3. The van der Waals surface area contributed by atoms with Gasteiger partial charge in [0.1, 0.15) is 5.82 Å². The number of aliphatic hydroxyl groups excluding tert-OH is 1. The average Bonchev–Trinajstić information content (AvgIpc) is 2.69. The molecule has 0 aliphatic carbocycles. The van der Waals surface area contributed by atoms with Gasteiger partial charge in [-0.1, -0.05) is 72.8 Å². The number of hydrogen-bond donors (Lipinski definition) is 1. The summed E-state index contributed by atoms with van der Waals surface area (Å²) in [5.41, 5.74) is 3.11. The Labute approximate surface area is 166 Å². The Hall–Kier alpha value is -2.53. The van der Waals surface area contributed by atoms with Crippen LogP contribution in [0.1, 0.15) is 16.7 Å². The maximum Gasteiger partial charge on any atom is 0.123 e. The van der Waals surface area contributed by atoms with Gasteiger partial charge in [-0.25, -0.2) is 4.39 Å². The summed E-state index contributed by atoms with van der Waals surface area (Å²) in [7, 11) is 0. The van der Waals surface area contributed by atoms with Crippen LogP contribution in [0, 0.1) is 5.82 Å². The predicted octanol–water partition coefficient (Wildman–Crippen LogP) is 4.41. The highest BCUT2D eigenvalue weighted by molar-refractivity contribution is 5.18. The second-order valence-corrected chi connectivity index (χ2v) is 6.94. The van der Waals surface area contributed by atoms with Gasteiger partial charge in [0.05, 0.1) is 19.3 Å². The molecule has 0 aromatic heterocycles. The molecule has 3 aromatic carbocycles. The Morgan fingerprint density at radius 1 is 0.786 bits per heavy atom. The molecule has 0 aliphatic heterocycles. The van der Waals surface area contributed by atoms with Crippen molar-refractivity contribution >= 4 is 0 Å². The van der Waals surface area contributed by atoms with E-state index in [2.05, 4.69) is 17.0 Å². The molecule has 3 aromatic rings. The van der Waals surface area contributed by atoms with Crippen molar-refractivity contribution in [3.05, 3.63) is 107 Å². The minimum Gasteiger partial charge on any atom is -0.389 e. The van der Waals surface area contributed by atoms with Crippen molar-refractivity contribution in [1.82, 2.24) is 4.90 Å². The third-order valence-corrected chi connectivity index (χ3v) is 4.43. The van der Waals surface area contributed by atoms with Gasteiger partial charge in [0.2, 0.25) is 0 Å². The first-order chi connectivity index (χ1) is 13.7. The predicted molar refractivity (Wildman–Crippen MR) is 109 cm³/mol. The lowest BCUT2D eigenvalue weighted by molar-refractivity contribution is 0.00712. The first kappa shape index (κ1) is 20.2. The number of benzene rings is 3. The van der Waals surface area contributed by atoms with E-state index in [4.69, 9.17) is 4.74 Å². The molecule has 0 saturated heterocycles. The minimum atomic E-state index is -0.624. The summed E-state index contributed by atoms with van der Waals surface area (Å²) in [6, 6.07) is 26.6. The summed E-state index contributed by atoms with van der Waals surface area (Å²) in [5, 5.41) is 10.5. The fourth-order valence-corrected chi connectivity index (χ4v) is 3.16. The van der Waals surface area contributed by atoms with Crippen LogP contribution in [0.3, 0.4) is 0 Å². The van der Waals surface area contributed by atoms with Crippen molar-refractivity contribution in [3.8, 4) is 0 Å². The first-order valence-corrected chi connectivity index (χ1v) is 9.49. The second kappa shape index (κ2) is 10.7. The molecule has 0 amide bonds. The van der Waals surface area contributed by atoms with Crippen molar-refractivity contribution < 1.29 is 14.2 Å². The number of nitrogens with zero attached hydrogens (tertiary/aromatic N) is 1. The molecular formula is C24H26FNO2. The van der Waals surface area contributed by atoms with Gasteiger partial charge in [0, 0.05) is 19.6 Å². The highest BCUT2D eigenvalue weighted by atomic mass is 19.1. The van der Waals surface area contributed by atoms with Gasteiger partial charge in [0.25, 0.3) is 0 Å². The number of rotatable bonds is 10. The molecule has 1 N–H and O–H groups in total. The van der Waals surface area contributed by atoms with Crippen LogP contribution in [-0.4, -0.2) is 29.3 Å². The molecule has 0 fully saturated rings. The topological polar surface area (TPSA) is 32.7 Å². The summed E-state index contributed by atoms with van der Waals surface area (Å²) in [5.74, 6) is -0.246. The van der Waals surface area contributed by atoms with Gasteiger partial charge in [-0.2, -0.15) is 0 Å². The van der Waals surface area contributed by atoms with Crippen molar-refractivity contribution in [3.63, 3.8) is 0 Å². The van der Waals surface area contributed by atoms with Gasteiger partial charge in [-0.05, 0) is 28.8 Å². The Bertz CT molecular complexity index is 826. The van der Waals surface area contributed by atoms with Crippen molar-refractivity contribution in [2.45, 2.75) is 25.8 Å². The Kier molecular flexibility index (Phi) is 7.73. The standard InChI is InChI=1S/C24H26FNO2/c25-23-13-7-12-22(14-23)16-26(15-20-8-3-1-4-9-20)17-24(27)19-28-18-21-10-5-2-6-11-21/h1-14,24,27H,15-19H2/t24-/m1/s1. The quantitative estimate of drug-likeness (QED) is 0.567. The van der Waals surface area contributed by atoms with Crippen LogP contribution in [-0.2, 0) is 24.4 Å². The molecule has 28 heavy (non-hydrogen) atoms. The van der Waals surface area contributed by atoms with E-state index in [1.54, 1.807) is 6.07 Å². The maximum absolute atomic E-state index is 13.5. The van der Waals surface area contributed by atoms with Gasteiger partial charge in [0.15, 0.2) is 0 Å². The summed E-state index contributed by atoms with van der Waals surface area (Å²) in [6.07, 6.45) is -0.624. The van der Waals surface area contributed by atoms with Crippen molar-refractivity contribution in [2.24, 2.45) is 0 Å². The molecule has 3 nitrogen and oxygen atoms in total. The highest BCUT2D eigenvalue weighted by Crippen LogP contribution is 2.12. The van der Waals surface area contributed by atoms with E-state index in [-0.39, 0.29) is 12.4 Å². The van der Waals surface area contributed by atoms with E-state index in [0.717, 1.165) is 16.7 Å². The lowest BCUT2D eigenvalue weighted by Gasteiger charge is -2.25. The molecule has 0 aliphatic rings. The molecule has 0 unspecified atom stereocenters. The van der Waals surface area contributed by atoms with E-state index in [0.29, 0.717) is 26.2 Å². The van der Waals surface area contributed by atoms with Gasteiger partial charge >= 0.3 is 0 Å². The Balaban J connectivity index is 1.57. The normalized spacial score (nSPS) is 12.2. The summed E-state index contributed by atoms with van der Waals surface area (Å²) in [4.78, 5) is 2.11. The molecule has 1 atom stereocenters. The Morgan fingerprint density at radius 3 is 2.07 bits per heavy atom. The van der Waals surface area contributed by atoms with E-state index in [9.17, 15) is 9.50 Å². The Morgan fingerprint density at radius 2 is 1.39 bits per heavy atom. The number of ether oxygens (including phenoxy) is 1. The minimum absolute atomic E-state index is 0.246. The monoisotopic (exact) mass is 379 g/mol. The lowest BCUT2D eigenvalue weighted by atomic mass is 10.1. The van der Waals surface area contributed by atoms with E-state index >= 15 is 0 Å². The summed E-state index contributed by atoms with van der Waals surface area (Å²) in [6.45, 7) is 2.40. The van der Waals surface area contributed by atoms with Crippen LogP contribution >= 0.6 is 0 Å². The molecule has 0 heterocycles. The van der Waals surface area contributed by atoms with E-state index in [1.165, 1.54) is 12.1 Å². The average molecular weight is 379 g/mol. The zero-order chi connectivity index (χ0) is 19.6. The molecule has 0 saturated carbocycles. The van der Waals surface area contributed by atoms with Crippen LogP contribution in [0.2, 0.25) is 0 Å². The van der Waals surface area contributed by atoms with E-state index < -0.39 is 6.10 Å². The van der Waals surface area contributed by atoms with Crippen LogP contribution in [0.5, 0.6) is 0 Å². The van der Waals surface area contributed by atoms with E-state index in [1.807, 2.05) is 54.6 Å². The van der Waals surface area contributed by atoms with Gasteiger partial charge in [-0.3, -0.25) is 4.90 Å². The smallest absolute Gasteiger partial charge is 0.123 e.